The summed E-state index contributed by atoms with van der Waals surface area (Å²) in [6, 6.07) is 16.3. The number of aryl methyl sites for hydroxylation is 1. The highest BCUT2D eigenvalue weighted by Gasteiger charge is 2.19. The highest BCUT2D eigenvalue weighted by Crippen LogP contribution is 2.25. The molecule has 0 bridgehead atoms. The second kappa shape index (κ2) is 9.13. The number of amides is 1. The van der Waals surface area contributed by atoms with Crippen LogP contribution in [0.5, 0.6) is 5.75 Å². The van der Waals surface area contributed by atoms with Crippen molar-refractivity contribution in [1.82, 2.24) is 5.32 Å². The summed E-state index contributed by atoms with van der Waals surface area (Å²) < 4.78 is 5.83. The van der Waals surface area contributed by atoms with Crippen LogP contribution in [0.4, 0.5) is 5.69 Å². The molecule has 0 unspecified atom stereocenters. The maximum atomic E-state index is 12.5. The molecule has 1 saturated heterocycles. The van der Waals surface area contributed by atoms with Gasteiger partial charge in [-0.2, -0.15) is 0 Å². The molecule has 2 aromatic carbocycles. The Labute approximate surface area is 168 Å². The molecule has 1 fully saturated rings. The van der Waals surface area contributed by atoms with Gasteiger partial charge < -0.3 is 15.0 Å². The van der Waals surface area contributed by atoms with E-state index in [2.05, 4.69) is 41.4 Å². The van der Waals surface area contributed by atoms with Crippen LogP contribution in [0.3, 0.4) is 0 Å². The average molecular weight is 381 g/mol. The maximum absolute atomic E-state index is 12.5. The number of rotatable bonds is 6. The molecular weight excluding hydrogens is 348 g/mol. The Morgan fingerprint density at radius 1 is 1.14 bits per heavy atom. The first-order chi connectivity index (χ1) is 13.4. The zero-order valence-corrected chi connectivity index (χ0v) is 17.4. The minimum absolute atomic E-state index is 0.0650. The van der Waals surface area contributed by atoms with E-state index in [4.69, 9.17) is 4.74 Å². The largest absolute Gasteiger partial charge is 0.481 e. The van der Waals surface area contributed by atoms with Crippen LogP contribution in [0, 0.1) is 12.8 Å². The zero-order chi connectivity index (χ0) is 20.1. The third-order valence-corrected chi connectivity index (χ3v) is 5.54. The minimum Gasteiger partial charge on any atom is -0.481 e. The summed E-state index contributed by atoms with van der Waals surface area (Å²) in [7, 11) is 0. The summed E-state index contributed by atoms with van der Waals surface area (Å²) in [6.07, 6.45) is 2.03. The number of hydrogen-bond acceptors (Lipinski definition) is 3. The topological polar surface area (TPSA) is 41.6 Å². The standard InChI is InChI=1S/C24H32N2O2/c1-17-8-7-15-26(16-17)22-13-11-21(12-14-22)19(3)25-24(27)20(4)28-23-10-6-5-9-18(23)2/h5-6,9-14,17,19-20H,7-8,15-16H2,1-4H3,(H,25,27)/t17-,19+,20+/m0/s1. The molecule has 0 radical (unpaired) electrons. The number of nitrogens with one attached hydrogen (secondary N) is 1. The van der Waals surface area contributed by atoms with Gasteiger partial charge in [0.15, 0.2) is 6.10 Å². The van der Waals surface area contributed by atoms with E-state index >= 15 is 0 Å². The van der Waals surface area contributed by atoms with Crippen molar-refractivity contribution in [3.05, 3.63) is 59.7 Å². The van der Waals surface area contributed by atoms with Crippen LogP contribution in [0.25, 0.3) is 0 Å². The van der Waals surface area contributed by atoms with E-state index in [0.717, 1.165) is 35.9 Å². The molecule has 3 atom stereocenters. The van der Waals surface area contributed by atoms with Crippen LogP contribution in [-0.2, 0) is 4.79 Å². The summed E-state index contributed by atoms with van der Waals surface area (Å²) in [5.74, 6) is 1.39. The van der Waals surface area contributed by atoms with E-state index < -0.39 is 6.10 Å². The van der Waals surface area contributed by atoms with E-state index in [1.807, 2.05) is 38.1 Å². The van der Waals surface area contributed by atoms with Crippen LogP contribution in [-0.4, -0.2) is 25.1 Å². The normalized spacial score (nSPS) is 19.0. The van der Waals surface area contributed by atoms with Crippen molar-refractivity contribution < 1.29 is 9.53 Å². The zero-order valence-electron chi connectivity index (χ0n) is 17.4. The predicted octanol–water partition coefficient (Wildman–Crippen LogP) is 4.88. The van der Waals surface area contributed by atoms with Gasteiger partial charge in [-0.3, -0.25) is 4.79 Å². The van der Waals surface area contributed by atoms with Crippen LogP contribution in [0.2, 0.25) is 0 Å². The third-order valence-electron chi connectivity index (χ3n) is 5.54. The molecule has 3 rings (SSSR count). The van der Waals surface area contributed by atoms with Gasteiger partial charge >= 0.3 is 0 Å². The van der Waals surface area contributed by atoms with Crippen molar-refractivity contribution in [2.75, 3.05) is 18.0 Å². The lowest BCUT2D eigenvalue weighted by Crippen LogP contribution is -2.38. The summed E-state index contributed by atoms with van der Waals surface area (Å²) in [5.41, 5.74) is 3.40. The molecule has 150 valence electrons. The van der Waals surface area contributed by atoms with Gasteiger partial charge in [-0.05, 0) is 68.9 Å². The Morgan fingerprint density at radius 3 is 2.54 bits per heavy atom. The molecule has 0 aromatic heterocycles. The highest BCUT2D eigenvalue weighted by molar-refractivity contribution is 5.81. The van der Waals surface area contributed by atoms with Gasteiger partial charge in [-0.25, -0.2) is 0 Å². The summed E-state index contributed by atoms with van der Waals surface area (Å²) in [5, 5.41) is 3.06. The smallest absolute Gasteiger partial charge is 0.261 e. The Kier molecular flexibility index (Phi) is 6.61. The SMILES string of the molecule is Cc1ccccc1O[C@H](C)C(=O)N[C@H](C)c1ccc(N2CCC[C@H](C)C2)cc1. The minimum atomic E-state index is -0.544. The molecule has 0 saturated carbocycles. The van der Waals surface area contributed by atoms with Gasteiger partial charge in [0.1, 0.15) is 5.75 Å². The molecule has 2 aromatic rings. The molecule has 0 spiro atoms. The van der Waals surface area contributed by atoms with E-state index in [-0.39, 0.29) is 11.9 Å². The molecule has 1 amide bonds. The van der Waals surface area contributed by atoms with Gasteiger partial charge in [0, 0.05) is 18.8 Å². The summed E-state index contributed by atoms with van der Waals surface area (Å²) >= 11 is 0. The molecular formula is C24H32N2O2. The van der Waals surface area contributed by atoms with Crippen molar-refractivity contribution in [3.63, 3.8) is 0 Å². The third kappa shape index (κ3) is 5.06. The second-order valence-electron chi connectivity index (χ2n) is 8.04. The van der Waals surface area contributed by atoms with E-state index in [1.165, 1.54) is 18.5 Å². The molecule has 4 nitrogen and oxygen atoms in total. The number of para-hydroxylation sites is 1. The lowest BCUT2D eigenvalue weighted by Gasteiger charge is -2.33. The number of hydrogen-bond donors (Lipinski definition) is 1. The summed E-state index contributed by atoms with van der Waals surface area (Å²) in [6.45, 7) is 10.3. The first-order valence-electron chi connectivity index (χ1n) is 10.3. The van der Waals surface area contributed by atoms with Gasteiger partial charge in [-0.15, -0.1) is 0 Å². The van der Waals surface area contributed by atoms with E-state index in [0.29, 0.717) is 0 Å². The first-order valence-corrected chi connectivity index (χ1v) is 10.3. The molecule has 28 heavy (non-hydrogen) atoms. The second-order valence-corrected chi connectivity index (χ2v) is 8.04. The van der Waals surface area contributed by atoms with Crippen molar-refractivity contribution in [2.24, 2.45) is 5.92 Å². The van der Waals surface area contributed by atoms with Gasteiger partial charge in [0.25, 0.3) is 5.91 Å². The number of carbonyl (C=O) groups is 1. The molecule has 1 N–H and O–H groups in total. The lowest BCUT2D eigenvalue weighted by atomic mass is 9.99. The molecule has 4 heteroatoms. The average Bonchev–Trinajstić information content (AvgIpc) is 2.69. The first kappa shape index (κ1) is 20.2. The van der Waals surface area contributed by atoms with Gasteiger partial charge in [-0.1, -0.05) is 37.3 Å². The highest BCUT2D eigenvalue weighted by atomic mass is 16.5. The van der Waals surface area contributed by atoms with Gasteiger partial charge in [0.2, 0.25) is 0 Å². The molecule has 1 aliphatic rings. The van der Waals surface area contributed by atoms with Crippen molar-refractivity contribution in [3.8, 4) is 5.75 Å². The quantitative estimate of drug-likeness (QED) is 0.777. The van der Waals surface area contributed by atoms with Crippen LogP contribution in [0.15, 0.2) is 48.5 Å². The fourth-order valence-corrected chi connectivity index (χ4v) is 3.74. The number of carbonyl (C=O) groups excluding carboxylic acids is 1. The molecule has 1 aliphatic heterocycles. The lowest BCUT2D eigenvalue weighted by molar-refractivity contribution is -0.127. The molecule has 0 aliphatic carbocycles. The van der Waals surface area contributed by atoms with Crippen molar-refractivity contribution in [2.45, 2.75) is 52.7 Å². The predicted molar refractivity (Wildman–Crippen MR) is 115 cm³/mol. The van der Waals surface area contributed by atoms with Crippen LogP contribution >= 0.6 is 0 Å². The van der Waals surface area contributed by atoms with Crippen LogP contribution in [0.1, 0.15) is 50.8 Å². The van der Waals surface area contributed by atoms with E-state index in [9.17, 15) is 4.79 Å². The van der Waals surface area contributed by atoms with E-state index in [1.54, 1.807) is 6.92 Å². The Hall–Kier alpha value is -2.49. The fourth-order valence-electron chi connectivity index (χ4n) is 3.74. The molecule has 1 heterocycles. The number of anilines is 1. The number of piperidine rings is 1. The van der Waals surface area contributed by atoms with Crippen molar-refractivity contribution >= 4 is 11.6 Å². The number of benzene rings is 2. The maximum Gasteiger partial charge on any atom is 0.261 e. The monoisotopic (exact) mass is 380 g/mol. The summed E-state index contributed by atoms with van der Waals surface area (Å²) in [4.78, 5) is 15.0. The Balaban J connectivity index is 1.57. The number of nitrogens with zero attached hydrogens (tertiary/aromatic N) is 1. The van der Waals surface area contributed by atoms with Crippen LogP contribution < -0.4 is 15.0 Å². The fraction of sp³-hybridized carbons (Fsp3) is 0.458. The Morgan fingerprint density at radius 2 is 1.86 bits per heavy atom. The number of ether oxygens (including phenoxy) is 1. The Bertz CT molecular complexity index is 787. The van der Waals surface area contributed by atoms with Crippen molar-refractivity contribution in [1.29, 1.82) is 0 Å². The van der Waals surface area contributed by atoms with Gasteiger partial charge in [0.05, 0.1) is 6.04 Å².